The van der Waals surface area contributed by atoms with Crippen molar-refractivity contribution in [1.29, 1.82) is 0 Å². The van der Waals surface area contributed by atoms with Crippen molar-refractivity contribution >= 4 is 27.3 Å². The van der Waals surface area contributed by atoms with Crippen LogP contribution in [0.1, 0.15) is 22.3 Å². The van der Waals surface area contributed by atoms with Crippen molar-refractivity contribution in [3.63, 3.8) is 0 Å². The molecule has 0 unspecified atom stereocenters. The summed E-state index contributed by atoms with van der Waals surface area (Å²) < 4.78 is 27.8. The van der Waals surface area contributed by atoms with E-state index >= 15 is 0 Å². The van der Waals surface area contributed by atoms with Crippen LogP contribution in [0.25, 0.3) is 0 Å². The van der Waals surface area contributed by atoms with Crippen LogP contribution in [0.4, 0.5) is 5.69 Å². The Labute approximate surface area is 130 Å². The molecule has 0 aliphatic carbocycles. The number of hydrogen-bond donors (Lipinski definition) is 1. The maximum atomic E-state index is 12.6. The number of halogens is 1. The summed E-state index contributed by atoms with van der Waals surface area (Å²) in [4.78, 5) is 4.24. The zero-order chi connectivity index (χ0) is 15.8. The Hall–Kier alpha value is -1.59. The van der Waals surface area contributed by atoms with Crippen LogP contribution in [-0.4, -0.2) is 13.4 Å². The standard InChI is InChI=1S/C15H17ClN2O2S/c1-9-5-11(3)14(12(4)6-9)21(19,20)18-13-7-10(2)8-17-15(13)16/h5-8,18H,1-4H3. The van der Waals surface area contributed by atoms with E-state index in [0.29, 0.717) is 11.1 Å². The third-order valence-electron chi connectivity index (χ3n) is 3.09. The Balaban J connectivity index is 2.51. The van der Waals surface area contributed by atoms with Gasteiger partial charge in [0.2, 0.25) is 0 Å². The molecule has 0 radical (unpaired) electrons. The van der Waals surface area contributed by atoms with Gasteiger partial charge < -0.3 is 0 Å². The molecule has 0 aliphatic rings. The molecule has 0 aliphatic heterocycles. The van der Waals surface area contributed by atoms with Crippen LogP contribution in [0.3, 0.4) is 0 Å². The highest BCUT2D eigenvalue weighted by Crippen LogP contribution is 2.27. The number of aromatic nitrogens is 1. The maximum Gasteiger partial charge on any atom is 0.262 e. The molecule has 2 rings (SSSR count). The molecule has 1 heterocycles. The highest BCUT2D eigenvalue weighted by molar-refractivity contribution is 7.92. The van der Waals surface area contributed by atoms with Crippen LogP contribution in [0.2, 0.25) is 5.15 Å². The number of benzene rings is 1. The number of aryl methyl sites for hydroxylation is 4. The molecule has 0 atom stereocenters. The summed E-state index contributed by atoms with van der Waals surface area (Å²) in [5.74, 6) is 0. The van der Waals surface area contributed by atoms with E-state index in [4.69, 9.17) is 11.6 Å². The zero-order valence-electron chi connectivity index (χ0n) is 12.4. The van der Waals surface area contributed by atoms with Gasteiger partial charge in [-0.15, -0.1) is 0 Å². The quantitative estimate of drug-likeness (QED) is 0.874. The van der Waals surface area contributed by atoms with Crippen molar-refractivity contribution in [3.05, 3.63) is 51.8 Å². The minimum absolute atomic E-state index is 0.131. The summed E-state index contributed by atoms with van der Waals surface area (Å²) in [7, 11) is -3.71. The average Bonchev–Trinajstić information content (AvgIpc) is 2.31. The number of sulfonamides is 1. The number of nitrogens with zero attached hydrogens (tertiary/aromatic N) is 1. The summed E-state index contributed by atoms with van der Waals surface area (Å²) in [5, 5.41) is 0.131. The van der Waals surface area contributed by atoms with E-state index in [-0.39, 0.29) is 15.7 Å². The van der Waals surface area contributed by atoms with Gasteiger partial charge in [-0.25, -0.2) is 13.4 Å². The topological polar surface area (TPSA) is 59.1 Å². The van der Waals surface area contributed by atoms with E-state index in [1.807, 2.05) is 26.0 Å². The van der Waals surface area contributed by atoms with E-state index in [1.165, 1.54) is 0 Å². The first-order valence-corrected chi connectivity index (χ1v) is 8.29. The van der Waals surface area contributed by atoms with Crippen molar-refractivity contribution in [2.24, 2.45) is 0 Å². The number of pyridine rings is 1. The maximum absolute atomic E-state index is 12.6. The monoisotopic (exact) mass is 324 g/mol. The van der Waals surface area contributed by atoms with Gasteiger partial charge in [0.05, 0.1) is 10.6 Å². The van der Waals surface area contributed by atoms with Crippen LogP contribution in [-0.2, 0) is 10.0 Å². The molecule has 0 saturated heterocycles. The van der Waals surface area contributed by atoms with Crippen molar-refractivity contribution in [3.8, 4) is 0 Å². The van der Waals surface area contributed by atoms with Gasteiger partial charge in [0.15, 0.2) is 5.15 Å². The van der Waals surface area contributed by atoms with E-state index in [1.54, 1.807) is 26.1 Å². The van der Waals surface area contributed by atoms with Gasteiger partial charge in [-0.2, -0.15) is 0 Å². The highest BCUT2D eigenvalue weighted by atomic mass is 35.5. The Bertz CT molecular complexity index is 778. The Kier molecular flexibility index (Phi) is 4.25. The number of nitrogens with one attached hydrogen (secondary N) is 1. The first kappa shape index (κ1) is 15.8. The van der Waals surface area contributed by atoms with Crippen LogP contribution < -0.4 is 4.72 Å². The SMILES string of the molecule is Cc1cc(C)c(S(=O)(=O)Nc2cc(C)cnc2Cl)c(C)c1. The van der Waals surface area contributed by atoms with E-state index in [0.717, 1.165) is 11.1 Å². The molecule has 2 aromatic rings. The lowest BCUT2D eigenvalue weighted by molar-refractivity contribution is 0.600. The smallest absolute Gasteiger partial charge is 0.262 e. The largest absolute Gasteiger partial charge is 0.276 e. The Morgan fingerprint density at radius 1 is 1.00 bits per heavy atom. The molecule has 112 valence electrons. The Morgan fingerprint density at radius 3 is 2.14 bits per heavy atom. The first-order valence-electron chi connectivity index (χ1n) is 6.43. The molecule has 0 spiro atoms. The molecule has 1 aromatic carbocycles. The third kappa shape index (κ3) is 3.36. The van der Waals surface area contributed by atoms with Gasteiger partial charge in [0.25, 0.3) is 10.0 Å². The summed E-state index contributed by atoms with van der Waals surface area (Å²) in [6.45, 7) is 7.32. The predicted octanol–water partition coefficient (Wildman–Crippen LogP) is 3.77. The number of rotatable bonds is 3. The minimum atomic E-state index is -3.71. The van der Waals surface area contributed by atoms with E-state index in [2.05, 4.69) is 9.71 Å². The molecular formula is C15H17ClN2O2S. The van der Waals surface area contributed by atoms with Crippen LogP contribution in [0.15, 0.2) is 29.3 Å². The fourth-order valence-electron chi connectivity index (χ4n) is 2.41. The molecule has 0 amide bonds. The van der Waals surface area contributed by atoms with E-state index < -0.39 is 10.0 Å². The molecule has 0 bridgehead atoms. The summed E-state index contributed by atoms with van der Waals surface area (Å²) in [6.07, 6.45) is 1.59. The van der Waals surface area contributed by atoms with Crippen molar-refractivity contribution in [2.75, 3.05) is 4.72 Å². The molecule has 6 heteroatoms. The second kappa shape index (κ2) is 5.66. The molecule has 1 aromatic heterocycles. The van der Waals surface area contributed by atoms with Gasteiger partial charge in [-0.3, -0.25) is 4.72 Å². The van der Waals surface area contributed by atoms with Crippen LogP contribution in [0.5, 0.6) is 0 Å². The normalized spacial score (nSPS) is 11.5. The molecule has 0 saturated carbocycles. The summed E-state index contributed by atoms with van der Waals surface area (Å²) >= 11 is 5.96. The van der Waals surface area contributed by atoms with Gasteiger partial charge in [0.1, 0.15) is 0 Å². The molecule has 21 heavy (non-hydrogen) atoms. The van der Waals surface area contributed by atoms with E-state index in [9.17, 15) is 8.42 Å². The predicted molar refractivity (Wildman–Crippen MR) is 85.4 cm³/mol. The Morgan fingerprint density at radius 2 is 1.57 bits per heavy atom. The second-order valence-corrected chi connectivity index (χ2v) is 7.16. The summed E-state index contributed by atoms with van der Waals surface area (Å²) in [6, 6.07) is 5.35. The highest BCUT2D eigenvalue weighted by Gasteiger charge is 2.21. The molecule has 1 N–H and O–H groups in total. The van der Waals surface area contributed by atoms with Gasteiger partial charge >= 0.3 is 0 Å². The molecular weight excluding hydrogens is 308 g/mol. The summed E-state index contributed by atoms with van der Waals surface area (Å²) in [5.41, 5.74) is 3.55. The van der Waals surface area contributed by atoms with Crippen LogP contribution in [0, 0.1) is 27.7 Å². The first-order chi connectivity index (χ1) is 9.70. The minimum Gasteiger partial charge on any atom is -0.276 e. The zero-order valence-corrected chi connectivity index (χ0v) is 13.9. The van der Waals surface area contributed by atoms with Crippen molar-refractivity contribution < 1.29 is 8.42 Å². The average molecular weight is 325 g/mol. The second-order valence-electron chi connectivity index (χ2n) is 5.18. The third-order valence-corrected chi connectivity index (χ3v) is 5.06. The fraction of sp³-hybridized carbons (Fsp3) is 0.267. The van der Waals surface area contributed by atoms with Gasteiger partial charge in [0, 0.05) is 6.20 Å². The molecule has 4 nitrogen and oxygen atoms in total. The van der Waals surface area contributed by atoms with Gasteiger partial charge in [-0.05, 0) is 50.5 Å². The lowest BCUT2D eigenvalue weighted by Crippen LogP contribution is -2.16. The van der Waals surface area contributed by atoms with Gasteiger partial charge in [-0.1, -0.05) is 29.3 Å². The van der Waals surface area contributed by atoms with Crippen molar-refractivity contribution in [2.45, 2.75) is 32.6 Å². The van der Waals surface area contributed by atoms with Crippen LogP contribution >= 0.6 is 11.6 Å². The van der Waals surface area contributed by atoms with Crippen molar-refractivity contribution in [1.82, 2.24) is 4.98 Å². The fourth-order valence-corrected chi connectivity index (χ4v) is 4.13. The lowest BCUT2D eigenvalue weighted by Gasteiger charge is -2.14. The number of hydrogen-bond acceptors (Lipinski definition) is 3. The number of anilines is 1. The lowest BCUT2D eigenvalue weighted by atomic mass is 10.1. The molecule has 0 fully saturated rings.